The largest absolute Gasteiger partial charge is 0.387 e. The van der Waals surface area contributed by atoms with Gasteiger partial charge in [0, 0.05) is 5.92 Å². The minimum absolute atomic E-state index is 0.0633. The molecule has 1 saturated heterocycles. The van der Waals surface area contributed by atoms with Crippen molar-refractivity contribution in [2.45, 2.75) is 77.8 Å². The van der Waals surface area contributed by atoms with Crippen LogP contribution in [0.5, 0.6) is 0 Å². The van der Waals surface area contributed by atoms with Crippen molar-refractivity contribution in [3.05, 3.63) is 0 Å². The lowest BCUT2D eigenvalue weighted by Crippen LogP contribution is -2.58. The molecule has 1 aliphatic heterocycles. The van der Waals surface area contributed by atoms with Gasteiger partial charge >= 0.3 is 0 Å². The Hall–Kier alpha value is -0.120. The Morgan fingerprint density at radius 3 is 2.37 bits per heavy atom. The van der Waals surface area contributed by atoms with Crippen LogP contribution < -0.4 is 0 Å². The zero-order valence-electron chi connectivity index (χ0n) is 12.6. The molecule has 0 radical (unpaired) electrons. The van der Waals surface area contributed by atoms with E-state index in [-0.39, 0.29) is 16.9 Å². The fourth-order valence-electron chi connectivity index (χ4n) is 5.94. The van der Waals surface area contributed by atoms with E-state index in [2.05, 4.69) is 27.7 Å². The molecule has 3 fully saturated rings. The summed E-state index contributed by atoms with van der Waals surface area (Å²) in [6.45, 7) is 9.15. The van der Waals surface area contributed by atoms with Crippen LogP contribution in [0.25, 0.3) is 0 Å². The van der Waals surface area contributed by atoms with Crippen molar-refractivity contribution in [2.75, 3.05) is 0 Å². The predicted octanol–water partition coefficient (Wildman–Crippen LogP) is 2.70. The summed E-state index contributed by atoms with van der Waals surface area (Å²) in [4.78, 5) is 0. The van der Waals surface area contributed by atoms with Crippen LogP contribution in [0.4, 0.5) is 0 Å². The molecule has 2 saturated carbocycles. The summed E-state index contributed by atoms with van der Waals surface area (Å²) in [6, 6.07) is 0. The van der Waals surface area contributed by atoms with Gasteiger partial charge in [0.2, 0.25) is 0 Å². The number of aliphatic hydroxyl groups excluding tert-OH is 2. The first-order valence-corrected chi connectivity index (χ1v) is 7.75. The summed E-state index contributed by atoms with van der Waals surface area (Å²) in [5.41, 5.74) is 0.0741. The molecule has 3 aliphatic rings. The number of hydrogen-bond donors (Lipinski definition) is 2. The van der Waals surface area contributed by atoms with Gasteiger partial charge < -0.3 is 14.9 Å². The maximum Gasteiger partial charge on any atom is 0.181 e. The van der Waals surface area contributed by atoms with Crippen LogP contribution in [0, 0.1) is 22.7 Å². The Kier molecular flexibility index (Phi) is 2.88. The Bertz CT molecular complexity index is 380. The lowest BCUT2D eigenvalue weighted by molar-refractivity contribution is -0.181. The molecule has 6 atom stereocenters. The monoisotopic (exact) mass is 268 g/mol. The molecule has 0 amide bonds. The molecule has 1 heterocycles. The molecule has 2 N–H and O–H groups in total. The summed E-state index contributed by atoms with van der Waals surface area (Å²) in [5.74, 6) is 0.684. The van der Waals surface area contributed by atoms with E-state index in [0.717, 1.165) is 19.3 Å². The van der Waals surface area contributed by atoms with Crippen molar-refractivity contribution in [3.63, 3.8) is 0 Å². The number of rotatable bonds is 0. The minimum atomic E-state index is -1.00. The molecule has 2 unspecified atom stereocenters. The van der Waals surface area contributed by atoms with Gasteiger partial charge in [0.1, 0.15) is 6.10 Å². The van der Waals surface area contributed by atoms with Crippen molar-refractivity contribution >= 4 is 0 Å². The summed E-state index contributed by atoms with van der Waals surface area (Å²) >= 11 is 0. The molecule has 0 aromatic rings. The Morgan fingerprint density at radius 2 is 1.68 bits per heavy atom. The molecule has 3 heteroatoms. The Labute approximate surface area is 116 Å². The highest BCUT2D eigenvalue weighted by molar-refractivity contribution is 5.12. The molecule has 19 heavy (non-hydrogen) atoms. The lowest BCUT2D eigenvalue weighted by atomic mass is 9.45. The Balaban J connectivity index is 2.02. The number of ether oxygens (including phenoxy) is 1. The Morgan fingerprint density at radius 1 is 1.00 bits per heavy atom. The quantitative estimate of drug-likeness (QED) is 0.710. The SMILES string of the molecule is CC1(C)CCC[C@]2(C)[C@H]3C(O)C(O)O[C@]3(C)CC[C@@H]12. The maximum atomic E-state index is 10.5. The van der Waals surface area contributed by atoms with Gasteiger partial charge in [0.15, 0.2) is 6.29 Å². The second kappa shape index (κ2) is 3.96. The zero-order valence-corrected chi connectivity index (χ0v) is 12.6. The first kappa shape index (κ1) is 13.8. The molecule has 3 nitrogen and oxygen atoms in total. The van der Waals surface area contributed by atoms with E-state index >= 15 is 0 Å². The lowest BCUT2D eigenvalue weighted by Gasteiger charge is -2.60. The average Bonchev–Trinajstić information content (AvgIpc) is 2.49. The first-order chi connectivity index (χ1) is 8.71. The molecule has 0 aromatic carbocycles. The van der Waals surface area contributed by atoms with Gasteiger partial charge in [-0.2, -0.15) is 0 Å². The van der Waals surface area contributed by atoms with E-state index in [1.54, 1.807) is 0 Å². The summed E-state index contributed by atoms with van der Waals surface area (Å²) in [6.07, 6.45) is 4.01. The molecule has 3 rings (SSSR count). The van der Waals surface area contributed by atoms with E-state index in [9.17, 15) is 10.2 Å². The number of fused-ring (bicyclic) bond motifs is 3. The van der Waals surface area contributed by atoms with Crippen molar-refractivity contribution in [2.24, 2.45) is 22.7 Å². The zero-order chi connectivity index (χ0) is 14.1. The average molecular weight is 268 g/mol. The fourth-order valence-corrected chi connectivity index (χ4v) is 5.94. The highest BCUT2D eigenvalue weighted by Crippen LogP contribution is 2.65. The first-order valence-electron chi connectivity index (χ1n) is 7.75. The van der Waals surface area contributed by atoms with Crippen LogP contribution >= 0.6 is 0 Å². The number of hydrogen-bond acceptors (Lipinski definition) is 3. The van der Waals surface area contributed by atoms with Crippen LogP contribution in [-0.4, -0.2) is 28.2 Å². The molecular weight excluding hydrogens is 240 g/mol. The van der Waals surface area contributed by atoms with Gasteiger partial charge in [-0.1, -0.05) is 27.2 Å². The van der Waals surface area contributed by atoms with Crippen LogP contribution in [0.1, 0.15) is 59.8 Å². The van der Waals surface area contributed by atoms with Crippen molar-refractivity contribution < 1.29 is 14.9 Å². The third-order valence-electron chi connectivity index (χ3n) is 6.60. The second-order valence-corrected chi connectivity index (χ2v) is 8.23. The summed E-state index contributed by atoms with van der Waals surface area (Å²) in [7, 11) is 0. The minimum Gasteiger partial charge on any atom is -0.387 e. The molecule has 110 valence electrons. The van der Waals surface area contributed by atoms with Crippen LogP contribution in [0.3, 0.4) is 0 Å². The van der Waals surface area contributed by atoms with Crippen molar-refractivity contribution in [1.29, 1.82) is 0 Å². The maximum absolute atomic E-state index is 10.5. The molecular formula is C16H28O3. The molecule has 2 aliphatic carbocycles. The number of aliphatic hydroxyl groups is 2. The van der Waals surface area contributed by atoms with Gasteiger partial charge in [-0.3, -0.25) is 0 Å². The fraction of sp³-hybridized carbons (Fsp3) is 1.00. The van der Waals surface area contributed by atoms with Crippen LogP contribution in [-0.2, 0) is 4.74 Å². The van der Waals surface area contributed by atoms with Gasteiger partial charge in [-0.25, -0.2) is 0 Å². The molecule has 0 aromatic heterocycles. The van der Waals surface area contributed by atoms with Crippen LogP contribution in [0.15, 0.2) is 0 Å². The predicted molar refractivity (Wildman–Crippen MR) is 73.5 cm³/mol. The van der Waals surface area contributed by atoms with Crippen molar-refractivity contribution in [1.82, 2.24) is 0 Å². The third-order valence-corrected chi connectivity index (χ3v) is 6.60. The van der Waals surface area contributed by atoms with Crippen molar-refractivity contribution in [3.8, 4) is 0 Å². The van der Waals surface area contributed by atoms with E-state index in [1.807, 2.05) is 0 Å². The highest BCUT2D eigenvalue weighted by atomic mass is 16.6. The normalized spacial score (nSPS) is 56.5. The van der Waals surface area contributed by atoms with E-state index in [0.29, 0.717) is 11.3 Å². The van der Waals surface area contributed by atoms with E-state index in [4.69, 9.17) is 4.74 Å². The molecule has 0 spiro atoms. The smallest absolute Gasteiger partial charge is 0.181 e. The topological polar surface area (TPSA) is 49.7 Å². The van der Waals surface area contributed by atoms with Gasteiger partial charge in [-0.15, -0.1) is 0 Å². The summed E-state index contributed by atoms with van der Waals surface area (Å²) in [5, 5.41) is 20.4. The van der Waals surface area contributed by atoms with Crippen LogP contribution in [0.2, 0.25) is 0 Å². The standard InChI is InChI=1S/C16H28O3/c1-14(2)7-5-8-15(3)10(14)6-9-16(4)12(15)11(17)13(18)19-16/h10-13,17-18H,5-9H2,1-4H3/t10-,11?,12+,13?,15-,16+/m0/s1. The highest BCUT2D eigenvalue weighted by Gasteiger charge is 2.65. The summed E-state index contributed by atoms with van der Waals surface area (Å²) < 4.78 is 5.75. The third kappa shape index (κ3) is 1.74. The van der Waals surface area contributed by atoms with Gasteiger partial charge in [-0.05, 0) is 49.4 Å². The van der Waals surface area contributed by atoms with Gasteiger partial charge in [0.25, 0.3) is 0 Å². The molecule has 0 bridgehead atoms. The van der Waals surface area contributed by atoms with Gasteiger partial charge in [0.05, 0.1) is 5.60 Å². The van der Waals surface area contributed by atoms with E-state index in [1.165, 1.54) is 12.8 Å². The van der Waals surface area contributed by atoms with E-state index < -0.39 is 12.4 Å². The second-order valence-electron chi connectivity index (χ2n) is 8.23.